The Kier molecular flexibility index (Phi) is 7.30. The maximum absolute atomic E-state index is 5.27. The number of nitrogens with one attached hydrogen (secondary N) is 1. The Morgan fingerprint density at radius 2 is 2.11 bits per heavy atom. The number of benzene rings is 1. The van der Waals surface area contributed by atoms with Crippen molar-refractivity contribution in [2.45, 2.75) is 19.4 Å². The monoisotopic (exact) mass is 266 g/mol. The molecule has 0 spiro atoms. The summed E-state index contributed by atoms with van der Waals surface area (Å²) in [6.07, 6.45) is 1.13. The average Bonchev–Trinajstić information content (AvgIpc) is 2.45. The minimum Gasteiger partial charge on any atom is -0.497 e. The van der Waals surface area contributed by atoms with Gasteiger partial charge in [-0.2, -0.15) is 0 Å². The van der Waals surface area contributed by atoms with Crippen molar-refractivity contribution in [3.05, 3.63) is 24.3 Å². The quantitative estimate of drug-likeness (QED) is 0.742. The highest BCUT2D eigenvalue weighted by molar-refractivity contribution is 5.50. The van der Waals surface area contributed by atoms with Gasteiger partial charge in [0.05, 0.1) is 13.7 Å². The standard InChI is InChI=1S/C15H26N2O2/c1-5-9-16-13(12-18-3)11-17(2)14-7-6-8-15(10-14)19-4/h6-8,10,13,16H,5,9,11-12H2,1-4H3. The molecule has 0 aliphatic carbocycles. The Morgan fingerprint density at radius 3 is 2.74 bits per heavy atom. The van der Waals surface area contributed by atoms with Crippen molar-refractivity contribution >= 4 is 5.69 Å². The normalized spacial score (nSPS) is 12.2. The fourth-order valence-corrected chi connectivity index (χ4v) is 2.01. The maximum Gasteiger partial charge on any atom is 0.120 e. The highest BCUT2D eigenvalue weighted by Crippen LogP contribution is 2.19. The van der Waals surface area contributed by atoms with Gasteiger partial charge in [0.25, 0.3) is 0 Å². The van der Waals surface area contributed by atoms with Gasteiger partial charge in [-0.3, -0.25) is 0 Å². The Morgan fingerprint density at radius 1 is 1.32 bits per heavy atom. The third-order valence-electron chi connectivity index (χ3n) is 3.04. The first-order chi connectivity index (χ1) is 9.21. The van der Waals surface area contributed by atoms with Crippen LogP contribution in [-0.2, 0) is 4.74 Å². The van der Waals surface area contributed by atoms with Gasteiger partial charge in [-0.25, -0.2) is 0 Å². The summed E-state index contributed by atoms with van der Waals surface area (Å²) in [6.45, 7) is 4.80. The molecule has 0 amide bonds. The molecule has 1 aromatic carbocycles. The molecule has 1 N–H and O–H groups in total. The van der Waals surface area contributed by atoms with Crippen molar-refractivity contribution in [2.75, 3.05) is 45.9 Å². The van der Waals surface area contributed by atoms with Gasteiger partial charge < -0.3 is 19.7 Å². The lowest BCUT2D eigenvalue weighted by atomic mass is 10.2. The zero-order chi connectivity index (χ0) is 14.1. The molecule has 1 atom stereocenters. The summed E-state index contributed by atoms with van der Waals surface area (Å²) >= 11 is 0. The van der Waals surface area contributed by atoms with Crippen LogP contribution in [0.4, 0.5) is 5.69 Å². The minimum absolute atomic E-state index is 0.334. The smallest absolute Gasteiger partial charge is 0.120 e. The lowest BCUT2D eigenvalue weighted by Crippen LogP contribution is -2.43. The summed E-state index contributed by atoms with van der Waals surface area (Å²) in [5.41, 5.74) is 1.15. The molecule has 0 aromatic heterocycles. The Labute approximate surface area is 116 Å². The van der Waals surface area contributed by atoms with E-state index in [1.807, 2.05) is 18.2 Å². The van der Waals surface area contributed by atoms with Crippen molar-refractivity contribution < 1.29 is 9.47 Å². The number of rotatable bonds is 9. The van der Waals surface area contributed by atoms with Gasteiger partial charge in [-0.05, 0) is 25.1 Å². The van der Waals surface area contributed by atoms with E-state index in [-0.39, 0.29) is 0 Å². The van der Waals surface area contributed by atoms with Crippen LogP contribution in [0, 0.1) is 0 Å². The van der Waals surface area contributed by atoms with E-state index in [1.54, 1.807) is 14.2 Å². The Balaban J connectivity index is 2.61. The average molecular weight is 266 g/mol. The Hall–Kier alpha value is -1.26. The van der Waals surface area contributed by atoms with Crippen molar-refractivity contribution in [1.82, 2.24) is 5.32 Å². The molecule has 0 bridgehead atoms. The highest BCUT2D eigenvalue weighted by atomic mass is 16.5. The van der Waals surface area contributed by atoms with Crippen molar-refractivity contribution in [3.8, 4) is 5.75 Å². The molecule has 0 saturated heterocycles. The van der Waals surface area contributed by atoms with Gasteiger partial charge in [-0.15, -0.1) is 0 Å². The van der Waals surface area contributed by atoms with Crippen LogP contribution in [0.15, 0.2) is 24.3 Å². The molecule has 0 fully saturated rings. The second-order valence-corrected chi connectivity index (χ2v) is 4.69. The summed E-state index contributed by atoms with van der Waals surface area (Å²) < 4.78 is 10.5. The van der Waals surface area contributed by atoms with E-state index < -0.39 is 0 Å². The number of anilines is 1. The number of hydrogen-bond acceptors (Lipinski definition) is 4. The minimum atomic E-state index is 0.334. The van der Waals surface area contributed by atoms with Gasteiger partial charge in [0.2, 0.25) is 0 Å². The molecular formula is C15H26N2O2. The molecule has 0 radical (unpaired) electrons. The van der Waals surface area contributed by atoms with E-state index in [1.165, 1.54) is 0 Å². The van der Waals surface area contributed by atoms with Gasteiger partial charge in [0.1, 0.15) is 5.75 Å². The first-order valence-corrected chi connectivity index (χ1v) is 6.78. The van der Waals surface area contributed by atoms with Crippen LogP contribution >= 0.6 is 0 Å². The summed E-state index contributed by atoms with van der Waals surface area (Å²) in [5.74, 6) is 0.883. The van der Waals surface area contributed by atoms with Crippen molar-refractivity contribution in [1.29, 1.82) is 0 Å². The number of nitrogens with zero attached hydrogens (tertiary/aromatic N) is 1. The summed E-state index contributed by atoms with van der Waals surface area (Å²) in [7, 11) is 5.52. The molecule has 4 nitrogen and oxygen atoms in total. The van der Waals surface area contributed by atoms with E-state index >= 15 is 0 Å². The molecule has 0 aliphatic heterocycles. The zero-order valence-corrected chi connectivity index (χ0v) is 12.5. The summed E-state index contributed by atoms with van der Waals surface area (Å²) in [5, 5.41) is 3.50. The zero-order valence-electron chi connectivity index (χ0n) is 12.5. The fourth-order valence-electron chi connectivity index (χ4n) is 2.01. The summed E-state index contributed by atoms with van der Waals surface area (Å²) in [6, 6.07) is 8.44. The van der Waals surface area contributed by atoms with E-state index in [0.717, 1.165) is 30.9 Å². The molecule has 1 rings (SSSR count). The van der Waals surface area contributed by atoms with E-state index in [9.17, 15) is 0 Å². The van der Waals surface area contributed by atoms with Crippen molar-refractivity contribution in [2.24, 2.45) is 0 Å². The number of hydrogen-bond donors (Lipinski definition) is 1. The highest BCUT2D eigenvalue weighted by Gasteiger charge is 2.11. The molecule has 19 heavy (non-hydrogen) atoms. The predicted molar refractivity (Wildman–Crippen MR) is 80.2 cm³/mol. The molecule has 0 saturated carbocycles. The van der Waals surface area contributed by atoms with E-state index in [2.05, 4.69) is 30.3 Å². The topological polar surface area (TPSA) is 33.7 Å². The molecule has 1 unspecified atom stereocenters. The molecule has 0 aliphatic rings. The van der Waals surface area contributed by atoms with Gasteiger partial charge in [-0.1, -0.05) is 13.0 Å². The number of likely N-dealkylation sites (N-methyl/N-ethyl adjacent to an activating group) is 1. The second kappa shape index (κ2) is 8.77. The largest absolute Gasteiger partial charge is 0.497 e. The second-order valence-electron chi connectivity index (χ2n) is 4.69. The first-order valence-electron chi connectivity index (χ1n) is 6.78. The number of ether oxygens (including phenoxy) is 2. The number of methoxy groups -OCH3 is 2. The van der Waals surface area contributed by atoms with E-state index in [0.29, 0.717) is 12.6 Å². The van der Waals surface area contributed by atoms with Crippen LogP contribution in [0.3, 0.4) is 0 Å². The molecule has 0 heterocycles. The van der Waals surface area contributed by atoms with E-state index in [4.69, 9.17) is 9.47 Å². The molecule has 4 heteroatoms. The van der Waals surface area contributed by atoms with Crippen molar-refractivity contribution in [3.63, 3.8) is 0 Å². The third kappa shape index (κ3) is 5.49. The van der Waals surface area contributed by atoms with Crippen LogP contribution in [0.1, 0.15) is 13.3 Å². The Bertz CT molecular complexity index is 358. The van der Waals surface area contributed by atoms with Crippen LogP contribution in [-0.4, -0.2) is 47.0 Å². The fraction of sp³-hybridized carbons (Fsp3) is 0.600. The molecule has 108 valence electrons. The van der Waals surface area contributed by atoms with Gasteiger partial charge >= 0.3 is 0 Å². The predicted octanol–water partition coefficient (Wildman–Crippen LogP) is 2.15. The van der Waals surface area contributed by atoms with Crippen LogP contribution < -0.4 is 15.0 Å². The first kappa shape index (κ1) is 15.8. The van der Waals surface area contributed by atoms with Gasteiger partial charge in [0.15, 0.2) is 0 Å². The van der Waals surface area contributed by atoms with Gasteiger partial charge in [0, 0.05) is 38.5 Å². The third-order valence-corrected chi connectivity index (χ3v) is 3.04. The van der Waals surface area contributed by atoms with Crippen LogP contribution in [0.25, 0.3) is 0 Å². The maximum atomic E-state index is 5.27. The SMILES string of the molecule is CCCNC(COC)CN(C)c1cccc(OC)c1. The molecular weight excluding hydrogens is 240 g/mol. The summed E-state index contributed by atoms with van der Waals surface area (Å²) in [4.78, 5) is 2.22. The lowest BCUT2D eigenvalue weighted by Gasteiger charge is -2.26. The van der Waals surface area contributed by atoms with Crippen LogP contribution in [0.5, 0.6) is 5.75 Å². The lowest BCUT2D eigenvalue weighted by molar-refractivity contribution is 0.168. The molecule has 1 aromatic rings. The van der Waals surface area contributed by atoms with Crippen LogP contribution in [0.2, 0.25) is 0 Å².